The molecule has 0 aliphatic heterocycles. The van der Waals surface area contributed by atoms with Gasteiger partial charge in [-0.25, -0.2) is 21.9 Å². The molecule has 0 aliphatic rings. The molecule has 0 saturated carbocycles. The standard InChI is InChI=1S/C27H20F2N2O5S.C21H19NO2/c28-20-13-14-22(23(29)16-20)27(33)31-37(34,35)25-12-5-4-11-24(25)30-26(32)19-9-6-10-21(15-19)36-17-18-7-2-1-3-8-18;1-16-8-5-6-13-20(16)22-21(23)18-11-7-12-19(14-18)24-15-17-9-3-2-4-10-17/h1-16H,17H2,(H,30,32)(H,31,33);2-14H,15H2,1H3,(H,22,23). The molecular formula is C48H39F2N3O7S. The topological polar surface area (TPSA) is 140 Å². The average Bonchev–Trinajstić information content (AvgIpc) is 3.27. The zero-order chi connectivity index (χ0) is 43.2. The largest absolute Gasteiger partial charge is 0.489 e. The maximum atomic E-state index is 13.9. The summed E-state index contributed by atoms with van der Waals surface area (Å²) in [6.45, 7) is 2.74. The Morgan fingerprint density at radius 3 is 1.56 bits per heavy atom. The Morgan fingerprint density at radius 1 is 0.525 bits per heavy atom. The summed E-state index contributed by atoms with van der Waals surface area (Å²) in [4.78, 5) is 37.3. The summed E-state index contributed by atoms with van der Waals surface area (Å²) < 4.78 is 66.1. The molecule has 10 nitrogen and oxygen atoms in total. The maximum absolute atomic E-state index is 13.9. The van der Waals surface area contributed by atoms with Crippen LogP contribution in [0.5, 0.6) is 11.5 Å². The molecule has 3 N–H and O–H groups in total. The molecule has 308 valence electrons. The number of ether oxygens (including phenoxy) is 2. The van der Waals surface area contributed by atoms with Crippen LogP contribution in [0.2, 0.25) is 0 Å². The first-order valence-electron chi connectivity index (χ1n) is 18.8. The van der Waals surface area contributed by atoms with Crippen molar-refractivity contribution in [2.75, 3.05) is 10.6 Å². The van der Waals surface area contributed by atoms with E-state index in [2.05, 4.69) is 10.6 Å². The molecular weight excluding hydrogens is 801 g/mol. The minimum Gasteiger partial charge on any atom is -0.489 e. The molecule has 0 fully saturated rings. The third-order valence-electron chi connectivity index (χ3n) is 8.91. The Kier molecular flexibility index (Phi) is 14.3. The number of halogens is 2. The van der Waals surface area contributed by atoms with E-state index in [4.69, 9.17) is 9.47 Å². The van der Waals surface area contributed by atoms with Gasteiger partial charge in [-0.05, 0) is 90.3 Å². The fraction of sp³-hybridized carbons (Fsp3) is 0.0625. The van der Waals surface area contributed by atoms with E-state index in [9.17, 15) is 31.6 Å². The molecule has 0 aliphatic carbocycles. The molecule has 0 bridgehead atoms. The second-order valence-corrected chi connectivity index (χ2v) is 15.0. The van der Waals surface area contributed by atoms with E-state index < -0.39 is 43.9 Å². The summed E-state index contributed by atoms with van der Waals surface area (Å²) in [5.41, 5.74) is 3.90. The molecule has 0 spiro atoms. The Bertz CT molecular complexity index is 2750. The van der Waals surface area contributed by atoms with Crippen molar-refractivity contribution in [3.05, 3.63) is 221 Å². The lowest BCUT2D eigenvalue weighted by molar-refractivity contribution is 0.0975. The van der Waals surface area contributed by atoms with Crippen LogP contribution in [0.4, 0.5) is 20.2 Å². The summed E-state index contributed by atoms with van der Waals surface area (Å²) in [6.07, 6.45) is 0. The molecule has 0 unspecified atom stereocenters. The van der Waals surface area contributed by atoms with Crippen LogP contribution in [0.1, 0.15) is 47.8 Å². The molecule has 61 heavy (non-hydrogen) atoms. The number of aryl methyl sites for hydroxylation is 1. The van der Waals surface area contributed by atoms with E-state index >= 15 is 0 Å². The Hall–Kier alpha value is -7.64. The Balaban J connectivity index is 0.000000223. The minimum atomic E-state index is -4.54. The van der Waals surface area contributed by atoms with Crippen LogP contribution in [-0.2, 0) is 23.2 Å². The number of anilines is 2. The first kappa shape index (κ1) is 43.0. The third kappa shape index (κ3) is 12.2. The van der Waals surface area contributed by atoms with Crippen LogP contribution in [0, 0.1) is 18.6 Å². The molecule has 13 heteroatoms. The van der Waals surface area contributed by atoms with Crippen molar-refractivity contribution in [3.8, 4) is 11.5 Å². The first-order valence-corrected chi connectivity index (χ1v) is 20.3. The number of nitrogens with one attached hydrogen (secondary N) is 3. The van der Waals surface area contributed by atoms with E-state index in [1.54, 1.807) is 29.0 Å². The van der Waals surface area contributed by atoms with Crippen molar-refractivity contribution in [2.24, 2.45) is 0 Å². The summed E-state index contributed by atoms with van der Waals surface area (Å²) in [5.74, 6) is -3.08. The monoisotopic (exact) mass is 839 g/mol. The van der Waals surface area contributed by atoms with E-state index in [0.29, 0.717) is 36.3 Å². The lowest BCUT2D eigenvalue weighted by Crippen LogP contribution is -2.32. The molecule has 0 radical (unpaired) electrons. The molecule has 3 amide bonds. The summed E-state index contributed by atoms with van der Waals surface area (Å²) in [7, 11) is -4.54. The normalized spacial score (nSPS) is 10.7. The number of hydrogen-bond acceptors (Lipinski definition) is 7. The van der Waals surface area contributed by atoms with Gasteiger partial charge >= 0.3 is 0 Å². The number of carbonyl (C=O) groups is 3. The lowest BCUT2D eigenvalue weighted by atomic mass is 10.1. The molecule has 0 aromatic heterocycles. The van der Waals surface area contributed by atoms with Gasteiger partial charge in [0.05, 0.1) is 11.3 Å². The summed E-state index contributed by atoms with van der Waals surface area (Å²) in [6, 6.07) is 48.2. The molecule has 7 aromatic carbocycles. The number of sulfonamides is 1. The van der Waals surface area contributed by atoms with Gasteiger partial charge in [-0.2, -0.15) is 0 Å². The SMILES string of the molecule is Cc1ccccc1NC(=O)c1cccc(OCc2ccccc2)c1.O=C(Nc1ccccc1S(=O)(=O)NC(=O)c1ccc(F)cc1F)c1cccc(OCc2ccccc2)c1. The van der Waals surface area contributed by atoms with Gasteiger partial charge in [0.15, 0.2) is 0 Å². The Morgan fingerprint density at radius 2 is 1.02 bits per heavy atom. The van der Waals surface area contributed by atoms with E-state index in [1.807, 2.05) is 104 Å². The number of para-hydroxylation sites is 2. The quantitative estimate of drug-likeness (QED) is 0.105. The molecule has 7 aromatic rings. The summed E-state index contributed by atoms with van der Waals surface area (Å²) in [5, 5.41) is 5.45. The van der Waals surface area contributed by atoms with E-state index in [-0.39, 0.29) is 17.2 Å². The molecule has 0 saturated heterocycles. The number of hydrogen-bond donors (Lipinski definition) is 3. The van der Waals surface area contributed by atoms with Gasteiger partial charge < -0.3 is 20.1 Å². The van der Waals surface area contributed by atoms with Crippen molar-refractivity contribution in [3.63, 3.8) is 0 Å². The number of carbonyl (C=O) groups excluding carboxylic acids is 3. The van der Waals surface area contributed by atoms with Crippen LogP contribution < -0.4 is 24.8 Å². The van der Waals surface area contributed by atoms with Crippen LogP contribution in [0.3, 0.4) is 0 Å². The predicted molar refractivity (Wildman–Crippen MR) is 229 cm³/mol. The van der Waals surface area contributed by atoms with Gasteiger partial charge in [0.25, 0.3) is 27.7 Å². The fourth-order valence-electron chi connectivity index (χ4n) is 5.75. The smallest absolute Gasteiger partial charge is 0.267 e. The van der Waals surface area contributed by atoms with E-state index in [0.717, 1.165) is 34.5 Å². The highest BCUT2D eigenvalue weighted by atomic mass is 32.2. The van der Waals surface area contributed by atoms with Gasteiger partial charge in [-0.1, -0.05) is 103 Å². The van der Waals surface area contributed by atoms with Crippen molar-refractivity contribution >= 4 is 39.1 Å². The Labute approximate surface area is 351 Å². The van der Waals surface area contributed by atoms with Crippen molar-refractivity contribution in [1.82, 2.24) is 4.72 Å². The van der Waals surface area contributed by atoms with Gasteiger partial charge in [0.2, 0.25) is 0 Å². The van der Waals surface area contributed by atoms with Gasteiger partial charge in [0.1, 0.15) is 41.2 Å². The number of rotatable bonds is 13. The van der Waals surface area contributed by atoms with Crippen molar-refractivity contribution < 1.29 is 41.1 Å². The average molecular weight is 840 g/mol. The van der Waals surface area contributed by atoms with Gasteiger partial charge in [0, 0.05) is 22.9 Å². The number of benzene rings is 7. The second kappa shape index (κ2) is 20.4. The number of amides is 3. The molecule has 7 rings (SSSR count). The lowest BCUT2D eigenvalue weighted by Gasteiger charge is -2.13. The first-order chi connectivity index (χ1) is 29.4. The highest BCUT2D eigenvalue weighted by Crippen LogP contribution is 2.24. The third-order valence-corrected chi connectivity index (χ3v) is 10.3. The second-order valence-electron chi connectivity index (χ2n) is 13.4. The highest BCUT2D eigenvalue weighted by Gasteiger charge is 2.25. The zero-order valence-electron chi connectivity index (χ0n) is 32.7. The predicted octanol–water partition coefficient (Wildman–Crippen LogP) is 9.74. The molecule has 0 heterocycles. The van der Waals surface area contributed by atoms with Crippen molar-refractivity contribution in [1.29, 1.82) is 0 Å². The molecule has 0 atom stereocenters. The van der Waals surface area contributed by atoms with Gasteiger partial charge in [-0.3, -0.25) is 14.4 Å². The van der Waals surface area contributed by atoms with Crippen LogP contribution in [-0.4, -0.2) is 26.1 Å². The van der Waals surface area contributed by atoms with E-state index in [1.165, 1.54) is 36.4 Å². The minimum absolute atomic E-state index is 0.108. The van der Waals surface area contributed by atoms with Crippen LogP contribution >= 0.6 is 0 Å². The highest BCUT2D eigenvalue weighted by molar-refractivity contribution is 7.90. The van der Waals surface area contributed by atoms with Crippen molar-refractivity contribution in [2.45, 2.75) is 25.0 Å². The fourth-order valence-corrected chi connectivity index (χ4v) is 6.88. The summed E-state index contributed by atoms with van der Waals surface area (Å²) >= 11 is 0. The van der Waals surface area contributed by atoms with Crippen LogP contribution in [0.25, 0.3) is 0 Å². The maximum Gasteiger partial charge on any atom is 0.267 e. The van der Waals surface area contributed by atoms with Gasteiger partial charge in [-0.15, -0.1) is 0 Å². The zero-order valence-corrected chi connectivity index (χ0v) is 33.5. The van der Waals surface area contributed by atoms with Crippen LogP contribution in [0.15, 0.2) is 181 Å².